The molecule has 0 aliphatic rings. The molecule has 0 bridgehead atoms. The van der Waals surface area contributed by atoms with E-state index in [0.717, 1.165) is 16.5 Å². The number of aromatic nitrogens is 4. The predicted octanol–water partition coefficient (Wildman–Crippen LogP) is 2.97. The normalized spacial score (nSPS) is 10.8. The number of benzene rings is 2. The molecule has 0 saturated heterocycles. The largest absolute Gasteiger partial charge is 0.368 e. The molecule has 7 heteroatoms. The molecule has 0 atom stereocenters. The summed E-state index contributed by atoms with van der Waals surface area (Å²) in [4.78, 5) is 21.0. The summed E-state index contributed by atoms with van der Waals surface area (Å²) in [6.07, 6.45) is 3.34. The van der Waals surface area contributed by atoms with Gasteiger partial charge in [0.1, 0.15) is 12.1 Å². The van der Waals surface area contributed by atoms with Crippen molar-refractivity contribution < 1.29 is 4.79 Å². The van der Waals surface area contributed by atoms with Crippen LogP contribution in [0.2, 0.25) is 0 Å². The molecule has 0 radical (unpaired) electrons. The number of hydrogen-bond donors (Lipinski definition) is 2. The van der Waals surface area contributed by atoms with Gasteiger partial charge < -0.3 is 10.6 Å². The van der Waals surface area contributed by atoms with Crippen LogP contribution in [-0.2, 0) is 0 Å². The molecular weight excluding hydrogens is 352 g/mol. The lowest BCUT2D eigenvalue weighted by molar-refractivity contribution is 0.0957. The zero-order chi connectivity index (χ0) is 19.3. The van der Waals surface area contributed by atoms with Crippen molar-refractivity contribution in [2.45, 2.75) is 6.92 Å². The van der Waals surface area contributed by atoms with Crippen LogP contribution >= 0.6 is 0 Å². The van der Waals surface area contributed by atoms with Crippen LogP contribution in [0.15, 0.2) is 67.1 Å². The third-order valence-corrected chi connectivity index (χ3v) is 4.36. The quantitative estimate of drug-likeness (QED) is 0.508. The lowest BCUT2D eigenvalue weighted by Gasteiger charge is -2.10. The molecule has 28 heavy (non-hydrogen) atoms. The average Bonchev–Trinajstić information content (AvgIpc) is 3.17. The fraction of sp³-hybridized carbons (Fsp3) is 0.143. The highest BCUT2D eigenvalue weighted by Gasteiger charge is 2.09. The van der Waals surface area contributed by atoms with Crippen molar-refractivity contribution in [3.8, 4) is 5.82 Å². The number of fused-ring (bicyclic) bond motifs is 1. The molecule has 0 aliphatic heterocycles. The van der Waals surface area contributed by atoms with Crippen LogP contribution in [0.4, 0.5) is 5.82 Å². The van der Waals surface area contributed by atoms with Crippen LogP contribution in [0.25, 0.3) is 16.6 Å². The zero-order valence-corrected chi connectivity index (χ0v) is 15.5. The molecule has 2 N–H and O–H groups in total. The van der Waals surface area contributed by atoms with Gasteiger partial charge in [-0.05, 0) is 29.8 Å². The van der Waals surface area contributed by atoms with E-state index in [-0.39, 0.29) is 5.91 Å². The standard InChI is InChI=1S/C21H20N6O/c1-15-9-12-27(26-15)20-13-19(24-14-25-20)22-10-11-23-21(28)18-8-4-6-16-5-2-3-7-17(16)18/h2-9,12-14H,10-11H2,1H3,(H,23,28)(H,22,24,25). The number of aryl methyl sites for hydroxylation is 1. The van der Waals surface area contributed by atoms with Crippen molar-refractivity contribution in [2.75, 3.05) is 18.4 Å². The van der Waals surface area contributed by atoms with E-state index < -0.39 is 0 Å². The monoisotopic (exact) mass is 372 g/mol. The van der Waals surface area contributed by atoms with Crippen LogP contribution in [-0.4, -0.2) is 38.7 Å². The Bertz CT molecular complexity index is 1120. The number of nitrogens with zero attached hydrogens (tertiary/aromatic N) is 4. The Hall–Kier alpha value is -3.74. The molecular formula is C21H20N6O. The van der Waals surface area contributed by atoms with Crippen LogP contribution in [0, 0.1) is 6.92 Å². The van der Waals surface area contributed by atoms with Gasteiger partial charge in [0.15, 0.2) is 5.82 Å². The highest BCUT2D eigenvalue weighted by Crippen LogP contribution is 2.18. The summed E-state index contributed by atoms with van der Waals surface area (Å²) in [7, 11) is 0. The highest BCUT2D eigenvalue weighted by atomic mass is 16.1. The molecule has 0 spiro atoms. The Kier molecular flexibility index (Phi) is 4.97. The molecule has 2 heterocycles. The van der Waals surface area contributed by atoms with Gasteiger partial charge >= 0.3 is 0 Å². The number of nitrogens with one attached hydrogen (secondary N) is 2. The summed E-state index contributed by atoms with van der Waals surface area (Å²) in [5.41, 5.74) is 1.60. The Morgan fingerprint density at radius 1 is 1.04 bits per heavy atom. The van der Waals surface area contributed by atoms with Crippen molar-refractivity contribution in [1.29, 1.82) is 0 Å². The molecule has 4 aromatic rings. The second-order valence-electron chi connectivity index (χ2n) is 6.37. The van der Waals surface area contributed by atoms with Crippen molar-refractivity contribution in [1.82, 2.24) is 25.1 Å². The van der Waals surface area contributed by atoms with E-state index >= 15 is 0 Å². The summed E-state index contributed by atoms with van der Waals surface area (Å²) in [5, 5.41) is 12.5. The molecule has 2 aromatic heterocycles. The van der Waals surface area contributed by atoms with E-state index in [0.29, 0.717) is 30.3 Å². The van der Waals surface area contributed by atoms with Gasteiger partial charge in [-0.25, -0.2) is 14.6 Å². The summed E-state index contributed by atoms with van der Waals surface area (Å²) < 4.78 is 1.70. The second kappa shape index (κ2) is 7.87. The number of hydrogen-bond acceptors (Lipinski definition) is 5. The van der Waals surface area contributed by atoms with E-state index in [9.17, 15) is 4.79 Å². The van der Waals surface area contributed by atoms with Crippen LogP contribution in [0.5, 0.6) is 0 Å². The van der Waals surface area contributed by atoms with Crippen LogP contribution < -0.4 is 10.6 Å². The smallest absolute Gasteiger partial charge is 0.251 e. The maximum atomic E-state index is 12.5. The van der Waals surface area contributed by atoms with Gasteiger partial charge in [0.2, 0.25) is 0 Å². The first-order chi connectivity index (χ1) is 13.7. The summed E-state index contributed by atoms with van der Waals surface area (Å²) in [5.74, 6) is 1.27. The third kappa shape index (κ3) is 3.83. The predicted molar refractivity (Wildman–Crippen MR) is 109 cm³/mol. The van der Waals surface area contributed by atoms with Gasteiger partial charge in [-0.1, -0.05) is 36.4 Å². The first-order valence-corrected chi connectivity index (χ1v) is 9.05. The van der Waals surface area contributed by atoms with Crippen LogP contribution in [0.3, 0.4) is 0 Å². The van der Waals surface area contributed by atoms with Gasteiger partial charge in [0, 0.05) is 30.9 Å². The van der Waals surface area contributed by atoms with Crippen molar-refractivity contribution >= 4 is 22.5 Å². The van der Waals surface area contributed by atoms with Gasteiger partial charge in [-0.15, -0.1) is 0 Å². The maximum Gasteiger partial charge on any atom is 0.251 e. The topological polar surface area (TPSA) is 84.7 Å². The second-order valence-corrected chi connectivity index (χ2v) is 6.37. The van der Waals surface area contributed by atoms with Gasteiger partial charge in [0.05, 0.1) is 5.69 Å². The maximum absolute atomic E-state index is 12.5. The third-order valence-electron chi connectivity index (χ3n) is 4.36. The molecule has 0 saturated carbocycles. The fourth-order valence-corrected chi connectivity index (χ4v) is 3.00. The lowest BCUT2D eigenvalue weighted by Crippen LogP contribution is -2.29. The highest BCUT2D eigenvalue weighted by molar-refractivity contribution is 6.06. The van der Waals surface area contributed by atoms with Crippen molar-refractivity contribution in [2.24, 2.45) is 0 Å². The minimum absolute atomic E-state index is 0.0889. The van der Waals surface area contributed by atoms with E-state index in [4.69, 9.17) is 0 Å². The summed E-state index contributed by atoms with van der Waals surface area (Å²) in [6, 6.07) is 17.3. The van der Waals surface area contributed by atoms with E-state index in [1.54, 1.807) is 4.68 Å². The number of carbonyl (C=O) groups is 1. The van der Waals surface area contributed by atoms with E-state index in [1.807, 2.05) is 67.7 Å². The fourth-order valence-electron chi connectivity index (χ4n) is 3.00. The molecule has 0 unspecified atom stereocenters. The number of anilines is 1. The SMILES string of the molecule is Cc1ccn(-c2cc(NCCNC(=O)c3cccc4ccccc34)ncn2)n1. The number of carbonyl (C=O) groups excluding carboxylic acids is 1. The Balaban J connectivity index is 1.35. The van der Waals surface area contributed by atoms with E-state index in [2.05, 4.69) is 25.7 Å². The van der Waals surface area contributed by atoms with E-state index in [1.165, 1.54) is 6.33 Å². The Morgan fingerprint density at radius 3 is 2.75 bits per heavy atom. The zero-order valence-electron chi connectivity index (χ0n) is 15.5. The molecule has 4 rings (SSSR count). The molecule has 2 aromatic carbocycles. The summed E-state index contributed by atoms with van der Waals surface area (Å²) in [6.45, 7) is 2.95. The average molecular weight is 372 g/mol. The number of amides is 1. The molecule has 0 aliphatic carbocycles. The first-order valence-electron chi connectivity index (χ1n) is 9.05. The number of rotatable bonds is 6. The Morgan fingerprint density at radius 2 is 1.89 bits per heavy atom. The first kappa shape index (κ1) is 17.7. The van der Waals surface area contributed by atoms with Gasteiger partial charge in [0.25, 0.3) is 5.91 Å². The minimum atomic E-state index is -0.0889. The summed E-state index contributed by atoms with van der Waals surface area (Å²) >= 11 is 0. The minimum Gasteiger partial charge on any atom is -0.368 e. The van der Waals surface area contributed by atoms with Gasteiger partial charge in [-0.2, -0.15) is 5.10 Å². The molecule has 140 valence electrons. The van der Waals surface area contributed by atoms with Gasteiger partial charge in [-0.3, -0.25) is 4.79 Å². The molecule has 0 fully saturated rings. The Labute approximate surface area is 162 Å². The van der Waals surface area contributed by atoms with Crippen LogP contribution in [0.1, 0.15) is 16.1 Å². The van der Waals surface area contributed by atoms with Crippen molar-refractivity contribution in [3.63, 3.8) is 0 Å². The molecule has 7 nitrogen and oxygen atoms in total. The van der Waals surface area contributed by atoms with Crippen molar-refractivity contribution in [3.05, 3.63) is 78.4 Å². The lowest BCUT2D eigenvalue weighted by atomic mass is 10.0. The molecule has 1 amide bonds.